The molecule has 86 valence electrons. The van der Waals surface area contributed by atoms with Crippen molar-refractivity contribution in [1.82, 2.24) is 9.97 Å². The number of aryl methyl sites for hydroxylation is 2. The Hall–Kier alpha value is -1.44. The van der Waals surface area contributed by atoms with Crippen LogP contribution in [0.2, 0.25) is 0 Å². The summed E-state index contributed by atoms with van der Waals surface area (Å²) in [7, 11) is 0. The van der Waals surface area contributed by atoms with Gasteiger partial charge in [-0.25, -0.2) is 9.97 Å². The molecule has 0 saturated carbocycles. The molecule has 0 bridgehead atoms. The number of nitrogens with zero attached hydrogens (tertiary/aromatic N) is 2. The molecule has 1 aromatic heterocycles. The number of benzene rings is 1. The standard InChI is InChI=1S/C12H14N2.C2H6/c1-3-9-10(4-2)14-12-8-6-5-7-11(12)13-9;1-2/h5-8H,3-4H2,1-2H3;1-2H3. The lowest BCUT2D eigenvalue weighted by molar-refractivity contribution is 0.930. The highest BCUT2D eigenvalue weighted by atomic mass is 14.8. The Bertz CT molecular complexity index is 407. The first kappa shape index (κ1) is 12.6. The molecule has 0 atom stereocenters. The zero-order chi connectivity index (χ0) is 12.0. The summed E-state index contributed by atoms with van der Waals surface area (Å²) < 4.78 is 0. The van der Waals surface area contributed by atoms with Gasteiger partial charge in [-0.1, -0.05) is 39.8 Å². The molecule has 0 aliphatic heterocycles. The second kappa shape index (κ2) is 6.21. The van der Waals surface area contributed by atoms with Crippen LogP contribution in [0.3, 0.4) is 0 Å². The molecule has 16 heavy (non-hydrogen) atoms. The van der Waals surface area contributed by atoms with Crippen molar-refractivity contribution in [2.75, 3.05) is 0 Å². The van der Waals surface area contributed by atoms with Crippen molar-refractivity contribution in [1.29, 1.82) is 0 Å². The van der Waals surface area contributed by atoms with Crippen LogP contribution in [0.15, 0.2) is 24.3 Å². The first-order chi connectivity index (χ1) is 7.85. The second-order valence-electron chi connectivity index (χ2n) is 3.31. The summed E-state index contributed by atoms with van der Waals surface area (Å²) in [6.07, 6.45) is 1.92. The summed E-state index contributed by atoms with van der Waals surface area (Å²) in [5.74, 6) is 0. The van der Waals surface area contributed by atoms with Gasteiger partial charge in [0, 0.05) is 0 Å². The summed E-state index contributed by atoms with van der Waals surface area (Å²) in [6, 6.07) is 8.03. The predicted molar refractivity (Wildman–Crippen MR) is 69.6 cm³/mol. The van der Waals surface area contributed by atoms with Crippen LogP contribution in [0.25, 0.3) is 11.0 Å². The Labute approximate surface area is 97.7 Å². The van der Waals surface area contributed by atoms with Gasteiger partial charge in [-0.15, -0.1) is 0 Å². The van der Waals surface area contributed by atoms with Crippen LogP contribution in [0, 0.1) is 0 Å². The molecule has 0 saturated heterocycles. The molecule has 0 radical (unpaired) electrons. The molecule has 0 spiro atoms. The predicted octanol–water partition coefficient (Wildman–Crippen LogP) is 3.78. The van der Waals surface area contributed by atoms with Gasteiger partial charge in [-0.2, -0.15) is 0 Å². The number of aromatic nitrogens is 2. The molecular formula is C14H20N2. The van der Waals surface area contributed by atoms with Crippen LogP contribution >= 0.6 is 0 Å². The van der Waals surface area contributed by atoms with E-state index >= 15 is 0 Å². The topological polar surface area (TPSA) is 25.8 Å². The van der Waals surface area contributed by atoms with Crippen LogP contribution in [-0.4, -0.2) is 9.97 Å². The van der Waals surface area contributed by atoms with Gasteiger partial charge in [0.15, 0.2) is 0 Å². The van der Waals surface area contributed by atoms with Crippen LogP contribution in [-0.2, 0) is 12.8 Å². The molecule has 0 fully saturated rings. The second-order valence-corrected chi connectivity index (χ2v) is 3.31. The quantitative estimate of drug-likeness (QED) is 0.763. The molecule has 0 aliphatic rings. The monoisotopic (exact) mass is 216 g/mol. The summed E-state index contributed by atoms with van der Waals surface area (Å²) in [5, 5.41) is 0. The average Bonchev–Trinajstić information content (AvgIpc) is 2.39. The summed E-state index contributed by atoms with van der Waals surface area (Å²) in [4.78, 5) is 9.20. The van der Waals surface area contributed by atoms with Crippen LogP contribution in [0.5, 0.6) is 0 Å². The van der Waals surface area contributed by atoms with E-state index in [1.54, 1.807) is 0 Å². The van der Waals surface area contributed by atoms with Gasteiger partial charge in [0.05, 0.1) is 22.4 Å². The van der Waals surface area contributed by atoms with Crippen LogP contribution < -0.4 is 0 Å². The number of rotatable bonds is 2. The lowest BCUT2D eigenvalue weighted by Gasteiger charge is -2.05. The van der Waals surface area contributed by atoms with E-state index in [1.165, 1.54) is 0 Å². The minimum absolute atomic E-state index is 0.959. The van der Waals surface area contributed by atoms with Crippen LogP contribution in [0.1, 0.15) is 39.1 Å². The Kier molecular flexibility index (Phi) is 4.90. The van der Waals surface area contributed by atoms with Crippen molar-refractivity contribution in [2.24, 2.45) is 0 Å². The molecule has 2 nitrogen and oxygen atoms in total. The van der Waals surface area contributed by atoms with E-state index in [2.05, 4.69) is 23.8 Å². The van der Waals surface area contributed by atoms with Crippen molar-refractivity contribution >= 4 is 11.0 Å². The normalized spacial score (nSPS) is 9.75. The van der Waals surface area contributed by atoms with Gasteiger partial charge in [-0.05, 0) is 25.0 Å². The van der Waals surface area contributed by atoms with E-state index in [-0.39, 0.29) is 0 Å². The van der Waals surface area contributed by atoms with E-state index in [4.69, 9.17) is 0 Å². The van der Waals surface area contributed by atoms with Gasteiger partial charge >= 0.3 is 0 Å². The molecule has 2 rings (SSSR count). The van der Waals surface area contributed by atoms with Crippen molar-refractivity contribution in [3.63, 3.8) is 0 Å². The van der Waals surface area contributed by atoms with Gasteiger partial charge in [-0.3, -0.25) is 0 Å². The Balaban J connectivity index is 0.000000606. The average molecular weight is 216 g/mol. The van der Waals surface area contributed by atoms with Gasteiger partial charge in [0.2, 0.25) is 0 Å². The largest absolute Gasteiger partial charge is 0.249 e. The Morgan fingerprint density at radius 3 is 1.50 bits per heavy atom. The first-order valence-electron chi connectivity index (χ1n) is 6.09. The van der Waals surface area contributed by atoms with Crippen molar-refractivity contribution < 1.29 is 0 Å². The molecule has 2 aromatic rings. The number of hydrogen-bond acceptors (Lipinski definition) is 2. The number of fused-ring (bicyclic) bond motifs is 1. The van der Waals surface area contributed by atoms with E-state index in [0.717, 1.165) is 35.3 Å². The van der Waals surface area contributed by atoms with E-state index in [0.29, 0.717) is 0 Å². The third kappa shape index (κ3) is 2.57. The molecular weight excluding hydrogens is 196 g/mol. The van der Waals surface area contributed by atoms with Gasteiger partial charge in [0.25, 0.3) is 0 Å². The summed E-state index contributed by atoms with van der Waals surface area (Å²) >= 11 is 0. The highest BCUT2D eigenvalue weighted by molar-refractivity contribution is 5.74. The highest BCUT2D eigenvalue weighted by Gasteiger charge is 2.04. The number of para-hydroxylation sites is 2. The molecule has 0 amide bonds. The lowest BCUT2D eigenvalue weighted by atomic mass is 10.2. The Morgan fingerprint density at radius 1 is 0.812 bits per heavy atom. The first-order valence-corrected chi connectivity index (χ1v) is 6.09. The van der Waals surface area contributed by atoms with E-state index < -0.39 is 0 Å². The van der Waals surface area contributed by atoms with Crippen molar-refractivity contribution in [3.05, 3.63) is 35.7 Å². The van der Waals surface area contributed by atoms with Crippen molar-refractivity contribution in [3.8, 4) is 0 Å². The smallest absolute Gasteiger partial charge is 0.0890 e. The molecule has 1 heterocycles. The minimum atomic E-state index is 0.959. The third-order valence-electron chi connectivity index (χ3n) is 2.40. The zero-order valence-corrected chi connectivity index (χ0v) is 10.6. The van der Waals surface area contributed by atoms with E-state index in [9.17, 15) is 0 Å². The van der Waals surface area contributed by atoms with Gasteiger partial charge < -0.3 is 0 Å². The number of hydrogen-bond donors (Lipinski definition) is 0. The zero-order valence-electron chi connectivity index (χ0n) is 10.6. The van der Waals surface area contributed by atoms with Crippen LogP contribution in [0.4, 0.5) is 0 Å². The molecule has 1 aromatic carbocycles. The minimum Gasteiger partial charge on any atom is -0.249 e. The summed E-state index contributed by atoms with van der Waals surface area (Å²) in [6.45, 7) is 8.25. The lowest BCUT2D eigenvalue weighted by Crippen LogP contribution is -1.99. The molecule has 0 N–H and O–H groups in total. The summed E-state index contributed by atoms with van der Waals surface area (Å²) in [5.41, 5.74) is 4.26. The third-order valence-corrected chi connectivity index (χ3v) is 2.40. The molecule has 0 aliphatic carbocycles. The van der Waals surface area contributed by atoms with Gasteiger partial charge in [0.1, 0.15) is 0 Å². The fraction of sp³-hybridized carbons (Fsp3) is 0.429. The fourth-order valence-electron chi connectivity index (χ4n) is 1.64. The maximum Gasteiger partial charge on any atom is 0.0890 e. The Morgan fingerprint density at radius 2 is 1.19 bits per heavy atom. The molecule has 2 heteroatoms. The SMILES string of the molecule is CC.CCc1nc2ccccc2nc1CC. The van der Waals surface area contributed by atoms with Crippen molar-refractivity contribution in [2.45, 2.75) is 40.5 Å². The fourth-order valence-corrected chi connectivity index (χ4v) is 1.64. The maximum atomic E-state index is 4.60. The molecule has 0 unspecified atom stereocenters. The van der Waals surface area contributed by atoms with E-state index in [1.807, 2.05) is 38.1 Å². The highest BCUT2D eigenvalue weighted by Crippen LogP contribution is 2.13. The maximum absolute atomic E-state index is 4.60.